The number of halogens is 3. The van der Waals surface area contributed by atoms with Gasteiger partial charge in [-0.1, -0.05) is 23.2 Å². The van der Waals surface area contributed by atoms with E-state index in [2.05, 4.69) is 16.0 Å². The Morgan fingerprint density at radius 1 is 1.40 bits per heavy atom. The lowest BCUT2D eigenvalue weighted by molar-refractivity contribution is -0.138. The molecule has 1 aliphatic rings. The zero-order chi connectivity index (χ0) is 18.6. The van der Waals surface area contributed by atoms with Gasteiger partial charge in [-0.25, -0.2) is 14.0 Å². The van der Waals surface area contributed by atoms with Crippen LogP contribution in [0.25, 0.3) is 0 Å². The second-order valence-electron chi connectivity index (χ2n) is 5.38. The standard InChI is InChI=1S/C16H18Cl2FN3O3/c1-3-25-15(23)10-6-21-16(24)22-14(10)7-20-8(2)9-4-13(19)12(18)5-11(9)17/h4-5,8,20H,3,6-7H2,1-2H3,(H2,21,22,24)/t8-/m1/s1. The highest BCUT2D eigenvalue weighted by molar-refractivity contribution is 6.35. The van der Waals surface area contributed by atoms with E-state index in [4.69, 9.17) is 27.9 Å². The Hall–Kier alpha value is -1.83. The van der Waals surface area contributed by atoms with Crippen LogP contribution in [0.5, 0.6) is 0 Å². The van der Waals surface area contributed by atoms with E-state index >= 15 is 0 Å². The largest absolute Gasteiger partial charge is 0.463 e. The van der Waals surface area contributed by atoms with Gasteiger partial charge in [-0.05, 0) is 31.5 Å². The SMILES string of the molecule is CCOC(=O)C1=C(CN[C@H](C)c2cc(F)c(Cl)cc2Cl)NC(=O)NC1. The third-order valence-electron chi connectivity index (χ3n) is 3.67. The van der Waals surface area contributed by atoms with Gasteiger partial charge < -0.3 is 20.7 Å². The molecule has 6 nitrogen and oxygen atoms in total. The van der Waals surface area contributed by atoms with Crippen LogP contribution in [-0.2, 0) is 9.53 Å². The van der Waals surface area contributed by atoms with E-state index < -0.39 is 17.8 Å². The van der Waals surface area contributed by atoms with E-state index in [1.54, 1.807) is 13.8 Å². The fourth-order valence-corrected chi connectivity index (χ4v) is 2.88. The Morgan fingerprint density at radius 2 is 2.12 bits per heavy atom. The van der Waals surface area contributed by atoms with E-state index in [0.717, 1.165) is 0 Å². The number of urea groups is 1. The molecule has 0 saturated carbocycles. The first-order chi connectivity index (χ1) is 11.8. The van der Waals surface area contributed by atoms with Gasteiger partial charge in [0.2, 0.25) is 0 Å². The summed E-state index contributed by atoms with van der Waals surface area (Å²) in [6.07, 6.45) is 0. The molecule has 136 valence electrons. The molecule has 0 saturated heterocycles. The average molecular weight is 390 g/mol. The Kier molecular flexibility index (Phi) is 6.64. The summed E-state index contributed by atoms with van der Waals surface area (Å²) in [7, 11) is 0. The third kappa shape index (κ3) is 4.84. The normalized spacial score (nSPS) is 15.5. The highest BCUT2D eigenvalue weighted by Crippen LogP contribution is 2.28. The van der Waals surface area contributed by atoms with E-state index in [1.165, 1.54) is 12.1 Å². The minimum absolute atomic E-state index is 0.0566. The van der Waals surface area contributed by atoms with Crippen molar-refractivity contribution in [2.45, 2.75) is 19.9 Å². The molecule has 2 amide bonds. The quantitative estimate of drug-likeness (QED) is 0.516. The summed E-state index contributed by atoms with van der Waals surface area (Å²) in [5.74, 6) is -1.08. The zero-order valence-corrected chi connectivity index (χ0v) is 15.2. The van der Waals surface area contributed by atoms with E-state index in [9.17, 15) is 14.0 Å². The van der Waals surface area contributed by atoms with Crippen LogP contribution < -0.4 is 16.0 Å². The number of ether oxygens (including phenoxy) is 1. The number of nitrogens with one attached hydrogen (secondary N) is 3. The highest BCUT2D eigenvalue weighted by atomic mass is 35.5. The fourth-order valence-electron chi connectivity index (χ4n) is 2.33. The van der Waals surface area contributed by atoms with Crippen molar-refractivity contribution in [2.75, 3.05) is 19.7 Å². The van der Waals surface area contributed by atoms with Gasteiger partial charge in [0, 0.05) is 23.3 Å². The molecule has 2 rings (SSSR count). The molecule has 0 unspecified atom stereocenters. The van der Waals surface area contributed by atoms with E-state index in [0.29, 0.717) is 21.9 Å². The average Bonchev–Trinajstić information content (AvgIpc) is 2.56. The predicted molar refractivity (Wildman–Crippen MR) is 93.0 cm³/mol. The van der Waals surface area contributed by atoms with Gasteiger partial charge >= 0.3 is 12.0 Å². The lowest BCUT2D eigenvalue weighted by Gasteiger charge is -2.23. The molecule has 0 bridgehead atoms. The smallest absolute Gasteiger partial charge is 0.337 e. The summed E-state index contributed by atoms with van der Waals surface area (Å²) in [5.41, 5.74) is 1.25. The van der Waals surface area contributed by atoms with Crippen LogP contribution in [0, 0.1) is 5.82 Å². The maximum atomic E-state index is 13.7. The van der Waals surface area contributed by atoms with E-state index in [-0.39, 0.29) is 30.8 Å². The summed E-state index contributed by atoms with van der Waals surface area (Å²) >= 11 is 11.8. The van der Waals surface area contributed by atoms with Gasteiger partial charge in [0.1, 0.15) is 5.82 Å². The summed E-state index contributed by atoms with van der Waals surface area (Å²) < 4.78 is 18.6. The third-order valence-corrected chi connectivity index (χ3v) is 4.28. The molecule has 25 heavy (non-hydrogen) atoms. The molecule has 0 aromatic heterocycles. The van der Waals surface area contributed by atoms with Gasteiger partial charge in [0.05, 0.1) is 23.7 Å². The van der Waals surface area contributed by atoms with Crippen LogP contribution in [0.3, 0.4) is 0 Å². The Balaban J connectivity index is 2.15. The van der Waals surface area contributed by atoms with Crippen LogP contribution in [0.15, 0.2) is 23.4 Å². The van der Waals surface area contributed by atoms with Crippen LogP contribution in [0.2, 0.25) is 10.0 Å². The molecule has 1 aliphatic heterocycles. The van der Waals surface area contributed by atoms with Crippen LogP contribution in [0.4, 0.5) is 9.18 Å². The fraction of sp³-hybridized carbons (Fsp3) is 0.375. The second kappa shape index (κ2) is 8.51. The summed E-state index contributed by atoms with van der Waals surface area (Å²) in [6.45, 7) is 3.95. The van der Waals surface area contributed by atoms with Gasteiger partial charge in [-0.3, -0.25) is 0 Å². The predicted octanol–water partition coefficient (Wildman–Crippen LogP) is 2.91. The van der Waals surface area contributed by atoms with Gasteiger partial charge in [-0.15, -0.1) is 0 Å². The van der Waals surface area contributed by atoms with Crippen molar-refractivity contribution in [1.82, 2.24) is 16.0 Å². The van der Waals surface area contributed by atoms with Crippen LogP contribution >= 0.6 is 23.2 Å². The minimum Gasteiger partial charge on any atom is -0.463 e. The van der Waals surface area contributed by atoms with Crippen molar-refractivity contribution in [3.8, 4) is 0 Å². The molecular formula is C16H18Cl2FN3O3. The minimum atomic E-state index is -0.573. The first kappa shape index (κ1) is 19.5. The topological polar surface area (TPSA) is 79.5 Å². The van der Waals surface area contributed by atoms with Crippen molar-refractivity contribution >= 4 is 35.2 Å². The van der Waals surface area contributed by atoms with Crippen molar-refractivity contribution in [2.24, 2.45) is 0 Å². The number of hydrogen-bond donors (Lipinski definition) is 3. The lowest BCUT2D eigenvalue weighted by atomic mass is 10.1. The monoisotopic (exact) mass is 389 g/mol. The summed E-state index contributed by atoms with van der Waals surface area (Å²) in [6, 6.07) is 1.83. The van der Waals surface area contributed by atoms with Crippen molar-refractivity contribution in [1.29, 1.82) is 0 Å². The van der Waals surface area contributed by atoms with Crippen LogP contribution in [-0.4, -0.2) is 31.7 Å². The second-order valence-corrected chi connectivity index (χ2v) is 6.19. The number of amides is 2. The molecule has 3 N–H and O–H groups in total. The number of carbonyl (C=O) groups excluding carboxylic acids is 2. The molecule has 1 aromatic carbocycles. The number of carbonyl (C=O) groups is 2. The van der Waals surface area contributed by atoms with E-state index in [1.807, 2.05) is 0 Å². The molecule has 0 radical (unpaired) electrons. The molecule has 0 spiro atoms. The lowest BCUT2D eigenvalue weighted by Crippen LogP contribution is -2.46. The van der Waals surface area contributed by atoms with Gasteiger partial charge in [-0.2, -0.15) is 0 Å². The molecule has 9 heteroatoms. The summed E-state index contributed by atoms with van der Waals surface area (Å²) in [4.78, 5) is 23.5. The Morgan fingerprint density at radius 3 is 2.80 bits per heavy atom. The summed E-state index contributed by atoms with van der Waals surface area (Å²) in [5, 5.41) is 8.47. The zero-order valence-electron chi connectivity index (χ0n) is 13.7. The maximum Gasteiger partial charge on any atom is 0.337 e. The molecular weight excluding hydrogens is 372 g/mol. The van der Waals surface area contributed by atoms with Gasteiger partial charge in [0.25, 0.3) is 0 Å². The number of hydrogen-bond acceptors (Lipinski definition) is 4. The first-order valence-electron chi connectivity index (χ1n) is 7.65. The van der Waals surface area contributed by atoms with Crippen molar-refractivity contribution < 1.29 is 18.7 Å². The molecule has 1 atom stereocenters. The highest BCUT2D eigenvalue weighted by Gasteiger charge is 2.24. The maximum absolute atomic E-state index is 13.7. The first-order valence-corrected chi connectivity index (χ1v) is 8.40. The number of rotatable bonds is 6. The van der Waals surface area contributed by atoms with Gasteiger partial charge in [0.15, 0.2) is 0 Å². The van der Waals surface area contributed by atoms with Crippen molar-refractivity contribution in [3.63, 3.8) is 0 Å². The molecule has 1 aromatic rings. The van der Waals surface area contributed by atoms with Crippen LogP contribution in [0.1, 0.15) is 25.5 Å². The Bertz CT molecular complexity index is 725. The number of benzene rings is 1. The molecule has 1 heterocycles. The molecule has 0 aliphatic carbocycles. The molecule has 0 fully saturated rings. The Labute approximate surface area is 154 Å². The number of esters is 1. The van der Waals surface area contributed by atoms with Crippen molar-refractivity contribution in [3.05, 3.63) is 44.8 Å².